The van der Waals surface area contributed by atoms with Gasteiger partial charge in [-0.2, -0.15) is 13.2 Å². The van der Waals surface area contributed by atoms with Crippen LogP contribution in [0.15, 0.2) is 24.3 Å². The smallest absolute Gasteiger partial charge is 0.390 e. The molecule has 3 N–H and O–H groups in total. The molecule has 1 amide bonds. The van der Waals surface area contributed by atoms with Gasteiger partial charge < -0.3 is 15.7 Å². The summed E-state index contributed by atoms with van der Waals surface area (Å²) in [7, 11) is 0. The third-order valence-corrected chi connectivity index (χ3v) is 3.65. The summed E-state index contributed by atoms with van der Waals surface area (Å²) in [6.45, 7) is 0.416. The highest BCUT2D eigenvalue weighted by Crippen LogP contribution is 2.32. The summed E-state index contributed by atoms with van der Waals surface area (Å²) >= 11 is 0. The number of nitrogens with zero attached hydrogens (tertiary/aromatic N) is 1. The van der Waals surface area contributed by atoms with E-state index in [1.807, 2.05) is 0 Å². The monoisotopic (exact) mass is 302 g/mol. The maximum Gasteiger partial charge on any atom is 0.416 e. The zero-order valence-corrected chi connectivity index (χ0v) is 11.3. The number of carbonyl (C=O) groups excluding carboxylic acids is 1. The molecule has 0 aliphatic carbocycles. The van der Waals surface area contributed by atoms with Gasteiger partial charge in [-0.3, -0.25) is 4.79 Å². The van der Waals surface area contributed by atoms with E-state index in [9.17, 15) is 23.1 Å². The first kappa shape index (κ1) is 15.8. The van der Waals surface area contributed by atoms with Crippen molar-refractivity contribution in [1.29, 1.82) is 0 Å². The summed E-state index contributed by atoms with van der Waals surface area (Å²) in [5.74, 6) is -0.433. The Bertz CT molecular complexity index is 519. The molecule has 1 fully saturated rings. The van der Waals surface area contributed by atoms with Gasteiger partial charge in [0.15, 0.2) is 0 Å². The zero-order chi connectivity index (χ0) is 15.6. The number of alkyl halides is 3. The Morgan fingerprint density at radius 2 is 2.05 bits per heavy atom. The molecule has 0 spiro atoms. The second-order valence-corrected chi connectivity index (χ2v) is 5.19. The topological polar surface area (TPSA) is 66.6 Å². The highest BCUT2D eigenvalue weighted by atomic mass is 19.4. The van der Waals surface area contributed by atoms with Gasteiger partial charge in [0.05, 0.1) is 18.1 Å². The lowest BCUT2D eigenvalue weighted by Gasteiger charge is -2.34. The van der Waals surface area contributed by atoms with E-state index in [4.69, 9.17) is 5.73 Å². The molecule has 116 valence electrons. The summed E-state index contributed by atoms with van der Waals surface area (Å²) in [6.07, 6.45) is -5.22. The Balaban J connectivity index is 2.10. The van der Waals surface area contributed by atoms with Crippen molar-refractivity contribution in [3.63, 3.8) is 0 Å². The van der Waals surface area contributed by atoms with Gasteiger partial charge >= 0.3 is 6.18 Å². The van der Waals surface area contributed by atoms with Crippen molar-refractivity contribution in [1.82, 2.24) is 4.90 Å². The minimum absolute atomic E-state index is 0.0561. The van der Waals surface area contributed by atoms with Crippen LogP contribution in [0.4, 0.5) is 13.2 Å². The fraction of sp³-hybridized carbons (Fsp3) is 0.500. The van der Waals surface area contributed by atoms with Crippen LogP contribution in [0.1, 0.15) is 17.5 Å². The normalized spacial score (nSPS) is 23.2. The molecule has 1 aliphatic rings. The van der Waals surface area contributed by atoms with Crippen LogP contribution >= 0.6 is 0 Å². The number of halogens is 3. The Morgan fingerprint density at radius 1 is 1.38 bits per heavy atom. The third-order valence-electron chi connectivity index (χ3n) is 3.65. The molecule has 1 aliphatic heterocycles. The highest BCUT2D eigenvalue weighted by molar-refractivity contribution is 5.79. The predicted molar refractivity (Wildman–Crippen MR) is 70.3 cm³/mol. The lowest BCUT2D eigenvalue weighted by molar-refractivity contribution is -0.139. The number of nitrogens with two attached hydrogens (primary N) is 1. The molecular weight excluding hydrogens is 285 g/mol. The molecular formula is C14H17F3N2O2. The average Bonchev–Trinajstić information content (AvgIpc) is 2.41. The standard InChI is InChI=1S/C14H17F3N2O2/c15-14(16,17)10-4-2-1-3-9(10)7-13(21)19-6-5-11(18)12(20)8-19/h1-4,11-12,20H,5-8,18H2/t11-,12-/m1/s1. The molecule has 0 bridgehead atoms. The van der Waals surface area contributed by atoms with Crippen LogP contribution in [-0.4, -0.2) is 41.1 Å². The number of aliphatic hydroxyl groups is 1. The number of aliphatic hydroxyl groups excluding tert-OH is 1. The first-order chi connectivity index (χ1) is 9.79. The molecule has 0 unspecified atom stereocenters. The Kier molecular flexibility index (Phi) is 4.53. The summed E-state index contributed by atoms with van der Waals surface area (Å²) in [5, 5.41) is 9.65. The summed E-state index contributed by atoms with van der Waals surface area (Å²) in [4.78, 5) is 13.5. The maximum absolute atomic E-state index is 12.9. The highest BCUT2D eigenvalue weighted by Gasteiger charge is 2.34. The number of hydrogen-bond donors (Lipinski definition) is 2. The van der Waals surface area contributed by atoms with Gasteiger partial charge in [-0.1, -0.05) is 18.2 Å². The van der Waals surface area contributed by atoms with E-state index in [1.165, 1.54) is 23.1 Å². The predicted octanol–water partition coefficient (Wildman–Crippen LogP) is 1.17. The van der Waals surface area contributed by atoms with Gasteiger partial charge in [-0.15, -0.1) is 0 Å². The number of piperidine rings is 1. The molecule has 21 heavy (non-hydrogen) atoms. The number of likely N-dealkylation sites (tertiary alicyclic amines) is 1. The Hall–Kier alpha value is -1.60. The molecule has 1 saturated heterocycles. The van der Waals surface area contributed by atoms with Gasteiger partial charge in [0, 0.05) is 19.1 Å². The van der Waals surface area contributed by atoms with Crippen LogP contribution in [-0.2, 0) is 17.4 Å². The average molecular weight is 302 g/mol. The first-order valence-corrected chi connectivity index (χ1v) is 6.65. The van der Waals surface area contributed by atoms with Gasteiger partial charge in [0.2, 0.25) is 5.91 Å². The first-order valence-electron chi connectivity index (χ1n) is 6.65. The lowest BCUT2D eigenvalue weighted by atomic mass is 10.00. The lowest BCUT2D eigenvalue weighted by Crippen LogP contribution is -2.52. The molecule has 0 radical (unpaired) electrons. The quantitative estimate of drug-likeness (QED) is 0.862. The molecule has 7 heteroatoms. The molecule has 0 aromatic heterocycles. The molecule has 1 heterocycles. The van der Waals surface area contributed by atoms with Crippen molar-refractivity contribution < 1.29 is 23.1 Å². The Morgan fingerprint density at radius 3 is 2.67 bits per heavy atom. The van der Waals surface area contributed by atoms with E-state index >= 15 is 0 Å². The van der Waals surface area contributed by atoms with E-state index < -0.39 is 29.8 Å². The van der Waals surface area contributed by atoms with E-state index in [-0.39, 0.29) is 18.5 Å². The molecule has 1 aromatic carbocycles. The fourth-order valence-electron chi connectivity index (χ4n) is 2.40. The maximum atomic E-state index is 12.9. The van der Waals surface area contributed by atoms with Crippen molar-refractivity contribution in [2.24, 2.45) is 5.73 Å². The summed E-state index contributed by atoms with van der Waals surface area (Å²) < 4.78 is 38.6. The van der Waals surface area contributed by atoms with E-state index in [0.29, 0.717) is 13.0 Å². The second-order valence-electron chi connectivity index (χ2n) is 5.19. The van der Waals surface area contributed by atoms with E-state index in [2.05, 4.69) is 0 Å². The largest absolute Gasteiger partial charge is 0.416 e. The molecule has 2 atom stereocenters. The number of carbonyl (C=O) groups is 1. The number of amides is 1. The summed E-state index contributed by atoms with van der Waals surface area (Å²) in [5.41, 5.74) is 4.78. The summed E-state index contributed by atoms with van der Waals surface area (Å²) in [6, 6.07) is 4.63. The number of rotatable bonds is 2. The zero-order valence-electron chi connectivity index (χ0n) is 11.3. The molecule has 0 saturated carbocycles. The third kappa shape index (κ3) is 3.74. The van der Waals surface area contributed by atoms with Crippen LogP contribution in [0.3, 0.4) is 0 Å². The molecule has 4 nitrogen and oxygen atoms in total. The van der Waals surface area contributed by atoms with Crippen molar-refractivity contribution in [3.8, 4) is 0 Å². The van der Waals surface area contributed by atoms with Crippen LogP contribution in [0.25, 0.3) is 0 Å². The van der Waals surface area contributed by atoms with Crippen LogP contribution in [0.5, 0.6) is 0 Å². The Labute approximate surface area is 120 Å². The van der Waals surface area contributed by atoms with Crippen LogP contribution in [0, 0.1) is 0 Å². The van der Waals surface area contributed by atoms with Crippen molar-refractivity contribution in [3.05, 3.63) is 35.4 Å². The second kappa shape index (κ2) is 6.03. The SMILES string of the molecule is N[C@@H]1CCN(C(=O)Cc2ccccc2C(F)(F)F)C[C@H]1O. The van der Waals surface area contributed by atoms with Gasteiger partial charge in [-0.05, 0) is 18.1 Å². The van der Waals surface area contributed by atoms with Crippen molar-refractivity contribution >= 4 is 5.91 Å². The minimum Gasteiger partial charge on any atom is -0.390 e. The van der Waals surface area contributed by atoms with E-state index in [0.717, 1.165) is 6.07 Å². The van der Waals surface area contributed by atoms with Gasteiger partial charge in [-0.25, -0.2) is 0 Å². The van der Waals surface area contributed by atoms with Gasteiger partial charge in [0.1, 0.15) is 0 Å². The number of benzene rings is 1. The van der Waals surface area contributed by atoms with Gasteiger partial charge in [0.25, 0.3) is 0 Å². The van der Waals surface area contributed by atoms with Crippen LogP contribution < -0.4 is 5.73 Å². The number of hydrogen-bond acceptors (Lipinski definition) is 3. The van der Waals surface area contributed by atoms with E-state index in [1.54, 1.807) is 0 Å². The molecule has 1 aromatic rings. The fourth-order valence-corrected chi connectivity index (χ4v) is 2.40. The van der Waals surface area contributed by atoms with Crippen molar-refractivity contribution in [2.45, 2.75) is 31.2 Å². The minimum atomic E-state index is -4.49. The van der Waals surface area contributed by atoms with Crippen LogP contribution in [0.2, 0.25) is 0 Å². The molecule has 2 rings (SSSR count). The number of β-amino-alcohol motifs (C(OH)–C–C–N with tert-alkyl or cyclic N) is 1. The van der Waals surface area contributed by atoms with Crippen molar-refractivity contribution in [2.75, 3.05) is 13.1 Å².